The number of allylic oxidation sites excluding steroid dienone is 2. The Morgan fingerprint density at radius 3 is 2.64 bits per heavy atom. The molecule has 0 aliphatic carbocycles. The number of carbonyl (C=O) groups is 1. The van der Waals surface area contributed by atoms with Crippen LogP contribution in [0.25, 0.3) is 0 Å². The van der Waals surface area contributed by atoms with Crippen LogP contribution in [-0.4, -0.2) is 18.4 Å². The van der Waals surface area contributed by atoms with Crippen LogP contribution in [0.3, 0.4) is 0 Å². The molecule has 3 heteroatoms. The van der Waals surface area contributed by atoms with E-state index in [-0.39, 0.29) is 5.97 Å². The molecule has 2 nitrogen and oxygen atoms in total. The van der Waals surface area contributed by atoms with E-state index in [0.29, 0.717) is 6.42 Å². The Morgan fingerprint density at radius 2 is 2.09 bits per heavy atom. The third kappa shape index (κ3) is 7.59. The monoisotopic (exact) mass is 220 g/mol. The minimum atomic E-state index is -0.145. The van der Waals surface area contributed by atoms with Crippen LogP contribution in [0.2, 0.25) is 0 Å². The minimum absolute atomic E-state index is 0.145. The van der Waals surface area contributed by atoms with Crippen LogP contribution in [0.1, 0.15) is 19.3 Å². The fourth-order valence-corrected chi connectivity index (χ4v) is 0.866. The van der Waals surface area contributed by atoms with Gasteiger partial charge in [0.25, 0.3) is 0 Å². The van der Waals surface area contributed by atoms with E-state index in [2.05, 4.69) is 26.7 Å². The van der Waals surface area contributed by atoms with Gasteiger partial charge in [-0.25, -0.2) is 0 Å². The van der Waals surface area contributed by atoms with Crippen molar-refractivity contribution in [1.82, 2.24) is 0 Å². The van der Waals surface area contributed by atoms with E-state index in [1.54, 1.807) is 0 Å². The Labute approximate surface area is 75.7 Å². The lowest BCUT2D eigenvalue weighted by Crippen LogP contribution is -1.97. The van der Waals surface area contributed by atoms with Gasteiger partial charge in [0.1, 0.15) is 0 Å². The first-order chi connectivity index (χ1) is 5.31. The maximum atomic E-state index is 10.6. The summed E-state index contributed by atoms with van der Waals surface area (Å²) in [4.78, 5) is 10.6. The van der Waals surface area contributed by atoms with E-state index in [1.165, 1.54) is 7.11 Å². The Hall–Kier alpha value is -0.310. The first-order valence-corrected chi connectivity index (χ1v) is 4.71. The number of esters is 1. The quantitative estimate of drug-likeness (QED) is 0.404. The van der Waals surface area contributed by atoms with Gasteiger partial charge in [-0.15, -0.1) is 0 Å². The number of hydrogen-bond donors (Lipinski definition) is 0. The van der Waals surface area contributed by atoms with Gasteiger partial charge >= 0.3 is 5.97 Å². The minimum Gasteiger partial charge on any atom is -0.469 e. The molecule has 0 spiro atoms. The highest BCUT2D eigenvalue weighted by Gasteiger charge is 1.94. The maximum Gasteiger partial charge on any atom is 0.305 e. The zero-order valence-electron chi connectivity index (χ0n) is 6.68. The van der Waals surface area contributed by atoms with Crippen molar-refractivity contribution in [3.8, 4) is 0 Å². The summed E-state index contributed by atoms with van der Waals surface area (Å²) in [6, 6.07) is 0. The average molecular weight is 221 g/mol. The molecule has 0 aromatic carbocycles. The molecule has 11 heavy (non-hydrogen) atoms. The third-order valence-corrected chi connectivity index (χ3v) is 1.64. The lowest BCUT2D eigenvalue weighted by atomic mass is 10.3. The summed E-state index contributed by atoms with van der Waals surface area (Å²) in [5.74, 6) is -0.145. The van der Waals surface area contributed by atoms with E-state index < -0.39 is 0 Å². The fourth-order valence-electron chi connectivity index (χ4n) is 0.602. The van der Waals surface area contributed by atoms with Gasteiger partial charge in [-0.1, -0.05) is 28.1 Å². The average Bonchev–Trinajstić information content (AvgIpc) is 2.04. The summed E-state index contributed by atoms with van der Waals surface area (Å²) >= 11 is 3.30. The summed E-state index contributed by atoms with van der Waals surface area (Å²) in [6.45, 7) is 0. The molecule has 0 fully saturated rings. The summed E-state index contributed by atoms with van der Waals surface area (Å²) in [6.07, 6.45) is 6.33. The van der Waals surface area contributed by atoms with Gasteiger partial charge in [-0.05, 0) is 12.8 Å². The molecule has 0 aromatic heterocycles. The van der Waals surface area contributed by atoms with Crippen molar-refractivity contribution < 1.29 is 9.53 Å². The van der Waals surface area contributed by atoms with Gasteiger partial charge in [0.05, 0.1) is 7.11 Å². The molecular formula is C8H13BrO2. The largest absolute Gasteiger partial charge is 0.469 e. The molecular weight excluding hydrogens is 208 g/mol. The summed E-state index contributed by atoms with van der Waals surface area (Å²) in [5, 5.41) is 0.974. The number of hydrogen-bond acceptors (Lipinski definition) is 2. The highest BCUT2D eigenvalue weighted by atomic mass is 79.9. The summed E-state index contributed by atoms with van der Waals surface area (Å²) in [7, 11) is 1.41. The van der Waals surface area contributed by atoms with E-state index >= 15 is 0 Å². The highest BCUT2D eigenvalue weighted by Crippen LogP contribution is 1.95. The van der Waals surface area contributed by atoms with Crippen LogP contribution in [0, 0.1) is 0 Å². The SMILES string of the molecule is COC(=O)CCC=CCCBr. The van der Waals surface area contributed by atoms with Crippen LogP contribution in [0.4, 0.5) is 0 Å². The second kappa shape index (κ2) is 7.79. The Kier molecular flexibility index (Phi) is 7.57. The fraction of sp³-hybridized carbons (Fsp3) is 0.625. The zero-order chi connectivity index (χ0) is 8.53. The molecule has 0 heterocycles. The van der Waals surface area contributed by atoms with Gasteiger partial charge in [-0.3, -0.25) is 4.79 Å². The van der Waals surface area contributed by atoms with E-state index in [9.17, 15) is 4.79 Å². The van der Waals surface area contributed by atoms with Crippen LogP contribution in [0.15, 0.2) is 12.2 Å². The molecule has 0 unspecified atom stereocenters. The lowest BCUT2D eigenvalue weighted by Gasteiger charge is -1.93. The van der Waals surface area contributed by atoms with Crippen molar-refractivity contribution in [2.75, 3.05) is 12.4 Å². The first kappa shape index (κ1) is 10.7. The number of alkyl halides is 1. The van der Waals surface area contributed by atoms with Crippen molar-refractivity contribution in [2.24, 2.45) is 0 Å². The van der Waals surface area contributed by atoms with Crippen molar-refractivity contribution in [3.05, 3.63) is 12.2 Å². The van der Waals surface area contributed by atoms with Gasteiger partial charge < -0.3 is 4.74 Å². The van der Waals surface area contributed by atoms with Gasteiger partial charge in [0.15, 0.2) is 0 Å². The predicted octanol–water partition coefficient (Wildman–Crippen LogP) is 2.28. The standard InChI is InChI=1S/C8H13BrO2/c1-11-8(10)6-4-2-3-5-7-9/h2-3H,4-7H2,1H3. The van der Waals surface area contributed by atoms with E-state index in [4.69, 9.17) is 0 Å². The maximum absolute atomic E-state index is 10.6. The van der Waals surface area contributed by atoms with E-state index in [1.807, 2.05) is 6.08 Å². The normalized spacial score (nSPS) is 10.4. The number of methoxy groups -OCH3 is 1. The second-order valence-corrected chi connectivity index (χ2v) is 2.86. The van der Waals surface area contributed by atoms with Crippen molar-refractivity contribution in [3.63, 3.8) is 0 Å². The smallest absolute Gasteiger partial charge is 0.305 e. The summed E-state index contributed by atoms with van der Waals surface area (Å²) in [5.41, 5.74) is 0. The molecule has 0 N–H and O–H groups in total. The van der Waals surface area contributed by atoms with Gasteiger partial charge in [0.2, 0.25) is 0 Å². The van der Waals surface area contributed by atoms with Crippen molar-refractivity contribution in [2.45, 2.75) is 19.3 Å². The molecule has 0 aromatic rings. The Balaban J connectivity index is 3.19. The van der Waals surface area contributed by atoms with Crippen LogP contribution in [-0.2, 0) is 9.53 Å². The molecule has 0 saturated carbocycles. The topological polar surface area (TPSA) is 26.3 Å². The number of rotatable bonds is 5. The predicted molar refractivity (Wildman–Crippen MR) is 48.8 cm³/mol. The zero-order valence-corrected chi connectivity index (χ0v) is 8.26. The van der Waals surface area contributed by atoms with Crippen LogP contribution in [0.5, 0.6) is 0 Å². The van der Waals surface area contributed by atoms with Gasteiger partial charge in [-0.2, -0.15) is 0 Å². The first-order valence-electron chi connectivity index (χ1n) is 3.59. The molecule has 0 rings (SSSR count). The third-order valence-electron chi connectivity index (χ3n) is 1.19. The highest BCUT2D eigenvalue weighted by molar-refractivity contribution is 9.09. The molecule has 64 valence electrons. The number of carbonyl (C=O) groups excluding carboxylic acids is 1. The number of ether oxygens (including phenoxy) is 1. The van der Waals surface area contributed by atoms with Crippen molar-refractivity contribution >= 4 is 21.9 Å². The Morgan fingerprint density at radius 1 is 1.45 bits per heavy atom. The summed E-state index contributed by atoms with van der Waals surface area (Å²) < 4.78 is 4.47. The molecule has 0 aliphatic heterocycles. The molecule has 0 amide bonds. The molecule has 0 aliphatic rings. The van der Waals surface area contributed by atoms with Crippen molar-refractivity contribution in [1.29, 1.82) is 0 Å². The molecule has 0 radical (unpaired) electrons. The number of halogens is 1. The van der Waals surface area contributed by atoms with Crippen LogP contribution < -0.4 is 0 Å². The van der Waals surface area contributed by atoms with Gasteiger partial charge in [0, 0.05) is 11.8 Å². The molecule has 0 atom stereocenters. The Bertz CT molecular complexity index is 132. The van der Waals surface area contributed by atoms with E-state index in [0.717, 1.165) is 18.2 Å². The molecule has 0 saturated heterocycles. The lowest BCUT2D eigenvalue weighted by molar-refractivity contribution is -0.140. The molecule has 0 bridgehead atoms. The second-order valence-electron chi connectivity index (χ2n) is 2.06. The van der Waals surface area contributed by atoms with Crippen LogP contribution >= 0.6 is 15.9 Å².